The van der Waals surface area contributed by atoms with Crippen LogP contribution >= 0.6 is 15.9 Å². The first-order valence-electron chi connectivity index (χ1n) is 7.54. The molecule has 1 amide bonds. The number of carbonyl (C=O) groups is 2. The van der Waals surface area contributed by atoms with Crippen molar-refractivity contribution in [3.8, 4) is 0 Å². The van der Waals surface area contributed by atoms with Gasteiger partial charge in [-0.1, -0.05) is 40.2 Å². The van der Waals surface area contributed by atoms with E-state index in [0.717, 1.165) is 10.0 Å². The minimum atomic E-state index is -0.518. The number of esters is 1. The SMILES string of the molecule is COC(=O)CC(NC(=O)/C=C/c1ccc(F)cc1)c1cccc(Br)c1. The highest BCUT2D eigenvalue weighted by Gasteiger charge is 2.18. The highest BCUT2D eigenvalue weighted by atomic mass is 79.9. The van der Waals surface area contributed by atoms with Gasteiger partial charge in [0.15, 0.2) is 0 Å². The molecule has 0 saturated heterocycles. The van der Waals surface area contributed by atoms with E-state index < -0.39 is 12.0 Å². The van der Waals surface area contributed by atoms with E-state index >= 15 is 0 Å². The van der Waals surface area contributed by atoms with Gasteiger partial charge in [0.05, 0.1) is 19.6 Å². The van der Waals surface area contributed by atoms with E-state index in [1.807, 2.05) is 24.3 Å². The maximum Gasteiger partial charge on any atom is 0.307 e. The number of ether oxygens (including phenoxy) is 1. The molecular weight excluding hydrogens is 389 g/mol. The minimum absolute atomic E-state index is 0.0169. The van der Waals surface area contributed by atoms with Crippen LogP contribution in [-0.2, 0) is 14.3 Å². The molecule has 0 radical (unpaired) electrons. The van der Waals surface area contributed by atoms with Gasteiger partial charge < -0.3 is 10.1 Å². The fourth-order valence-electron chi connectivity index (χ4n) is 2.19. The Bertz CT molecular complexity index is 774. The first-order valence-corrected chi connectivity index (χ1v) is 8.33. The third kappa shape index (κ3) is 6.15. The van der Waals surface area contributed by atoms with Gasteiger partial charge in [-0.25, -0.2) is 4.39 Å². The van der Waals surface area contributed by atoms with E-state index in [1.54, 1.807) is 18.2 Å². The van der Waals surface area contributed by atoms with Crippen molar-refractivity contribution in [2.75, 3.05) is 7.11 Å². The molecule has 0 aliphatic heterocycles. The first kappa shape index (κ1) is 18.9. The molecule has 1 N–H and O–H groups in total. The van der Waals surface area contributed by atoms with Crippen molar-refractivity contribution < 1.29 is 18.7 Å². The molecule has 0 spiro atoms. The summed E-state index contributed by atoms with van der Waals surface area (Å²) >= 11 is 3.37. The Kier molecular flexibility index (Phi) is 6.89. The Labute approximate surface area is 153 Å². The van der Waals surface area contributed by atoms with Crippen molar-refractivity contribution in [1.29, 1.82) is 0 Å². The molecule has 0 aromatic heterocycles. The van der Waals surface area contributed by atoms with Gasteiger partial charge in [-0.2, -0.15) is 0 Å². The molecule has 0 fully saturated rings. The van der Waals surface area contributed by atoms with Crippen molar-refractivity contribution in [2.45, 2.75) is 12.5 Å². The summed E-state index contributed by atoms with van der Waals surface area (Å²) in [4.78, 5) is 23.8. The van der Waals surface area contributed by atoms with Crippen LogP contribution in [-0.4, -0.2) is 19.0 Å². The largest absolute Gasteiger partial charge is 0.469 e. The van der Waals surface area contributed by atoms with Crippen molar-refractivity contribution in [1.82, 2.24) is 5.32 Å². The molecule has 0 bridgehead atoms. The third-order valence-electron chi connectivity index (χ3n) is 3.46. The quantitative estimate of drug-likeness (QED) is 0.583. The van der Waals surface area contributed by atoms with Crippen LogP contribution in [0.2, 0.25) is 0 Å². The van der Waals surface area contributed by atoms with E-state index in [0.29, 0.717) is 5.56 Å². The molecule has 130 valence electrons. The van der Waals surface area contributed by atoms with Crippen molar-refractivity contribution >= 4 is 33.9 Å². The predicted molar refractivity (Wildman–Crippen MR) is 97.1 cm³/mol. The predicted octanol–water partition coefficient (Wildman–Crippen LogP) is 4.02. The van der Waals surface area contributed by atoms with Crippen molar-refractivity contribution in [2.24, 2.45) is 0 Å². The summed E-state index contributed by atoms with van der Waals surface area (Å²) in [7, 11) is 1.30. The Morgan fingerprint density at radius 3 is 2.60 bits per heavy atom. The number of benzene rings is 2. The lowest BCUT2D eigenvalue weighted by molar-refractivity contribution is -0.141. The fraction of sp³-hybridized carbons (Fsp3) is 0.158. The maximum absolute atomic E-state index is 12.9. The normalized spacial score (nSPS) is 12.0. The van der Waals surface area contributed by atoms with E-state index in [-0.39, 0.29) is 18.1 Å². The zero-order chi connectivity index (χ0) is 18.2. The molecule has 25 heavy (non-hydrogen) atoms. The van der Waals surface area contributed by atoms with Crippen LogP contribution in [0.25, 0.3) is 6.08 Å². The van der Waals surface area contributed by atoms with Gasteiger partial charge in [0.2, 0.25) is 5.91 Å². The van der Waals surface area contributed by atoms with Crippen LogP contribution in [0.15, 0.2) is 59.1 Å². The zero-order valence-electron chi connectivity index (χ0n) is 13.5. The summed E-state index contributed by atoms with van der Waals surface area (Å²) in [6.45, 7) is 0. The number of hydrogen-bond donors (Lipinski definition) is 1. The number of rotatable bonds is 6. The molecule has 6 heteroatoms. The van der Waals surface area contributed by atoms with E-state index in [9.17, 15) is 14.0 Å². The second kappa shape index (κ2) is 9.13. The van der Waals surface area contributed by atoms with E-state index in [4.69, 9.17) is 4.74 Å². The summed E-state index contributed by atoms with van der Waals surface area (Å²) in [6.07, 6.45) is 2.93. The van der Waals surface area contributed by atoms with E-state index in [1.165, 1.54) is 25.3 Å². The molecule has 2 rings (SSSR count). The van der Waals surface area contributed by atoms with Crippen LogP contribution < -0.4 is 5.32 Å². The Morgan fingerprint density at radius 2 is 1.96 bits per heavy atom. The number of carbonyl (C=O) groups excluding carboxylic acids is 2. The molecule has 0 aliphatic rings. The molecule has 2 aromatic rings. The average molecular weight is 406 g/mol. The van der Waals surface area contributed by atoms with Crippen LogP contribution in [0.1, 0.15) is 23.6 Å². The lowest BCUT2D eigenvalue weighted by Gasteiger charge is -2.17. The van der Waals surface area contributed by atoms with Gasteiger partial charge in [0.25, 0.3) is 0 Å². The number of amides is 1. The van der Waals surface area contributed by atoms with Gasteiger partial charge in [0, 0.05) is 10.5 Å². The van der Waals surface area contributed by atoms with E-state index in [2.05, 4.69) is 21.2 Å². The van der Waals surface area contributed by atoms with Gasteiger partial charge in [-0.05, 0) is 41.5 Å². The molecule has 1 unspecified atom stereocenters. The van der Waals surface area contributed by atoms with Gasteiger partial charge in [0.1, 0.15) is 5.82 Å². The molecule has 0 heterocycles. The molecule has 0 aliphatic carbocycles. The minimum Gasteiger partial charge on any atom is -0.469 e. The highest BCUT2D eigenvalue weighted by molar-refractivity contribution is 9.10. The third-order valence-corrected chi connectivity index (χ3v) is 3.96. The molecule has 2 aromatic carbocycles. The van der Waals surface area contributed by atoms with Crippen LogP contribution in [0.4, 0.5) is 4.39 Å². The second-order valence-corrected chi connectivity index (χ2v) is 6.20. The summed E-state index contributed by atoms with van der Waals surface area (Å²) in [5.74, 6) is -1.12. The lowest BCUT2D eigenvalue weighted by atomic mass is 10.0. The van der Waals surface area contributed by atoms with Crippen molar-refractivity contribution in [3.05, 3.63) is 76.0 Å². The average Bonchev–Trinajstić information content (AvgIpc) is 2.60. The highest BCUT2D eigenvalue weighted by Crippen LogP contribution is 2.21. The fourth-order valence-corrected chi connectivity index (χ4v) is 2.61. The summed E-state index contributed by atoms with van der Waals surface area (Å²) in [5, 5.41) is 2.79. The number of halogens is 2. The summed E-state index contributed by atoms with van der Waals surface area (Å²) in [5.41, 5.74) is 1.48. The first-order chi connectivity index (χ1) is 12.0. The number of hydrogen-bond acceptors (Lipinski definition) is 3. The molecule has 1 atom stereocenters. The van der Waals surface area contributed by atoms with Gasteiger partial charge in [-0.15, -0.1) is 0 Å². The molecular formula is C19H17BrFNO3. The standard InChI is InChI=1S/C19H17BrFNO3/c1-25-19(24)12-17(14-3-2-4-15(20)11-14)22-18(23)10-7-13-5-8-16(21)9-6-13/h2-11,17H,12H2,1H3,(H,22,23)/b10-7+. The zero-order valence-corrected chi connectivity index (χ0v) is 15.1. The number of methoxy groups -OCH3 is 1. The number of nitrogens with one attached hydrogen (secondary N) is 1. The van der Waals surface area contributed by atoms with Gasteiger partial charge in [-0.3, -0.25) is 9.59 Å². The van der Waals surface area contributed by atoms with Crippen LogP contribution in [0.3, 0.4) is 0 Å². The van der Waals surface area contributed by atoms with Crippen molar-refractivity contribution in [3.63, 3.8) is 0 Å². The molecule has 0 saturated carbocycles. The summed E-state index contributed by atoms with van der Waals surface area (Å²) in [6, 6.07) is 12.6. The Morgan fingerprint density at radius 1 is 1.24 bits per heavy atom. The smallest absolute Gasteiger partial charge is 0.307 e. The molecule has 4 nitrogen and oxygen atoms in total. The topological polar surface area (TPSA) is 55.4 Å². The monoisotopic (exact) mass is 405 g/mol. The summed E-state index contributed by atoms with van der Waals surface area (Å²) < 4.78 is 18.4. The Hall–Kier alpha value is -2.47. The van der Waals surface area contributed by atoms with Crippen LogP contribution in [0, 0.1) is 5.82 Å². The second-order valence-electron chi connectivity index (χ2n) is 5.28. The van der Waals surface area contributed by atoms with Gasteiger partial charge >= 0.3 is 5.97 Å². The maximum atomic E-state index is 12.9. The lowest BCUT2D eigenvalue weighted by Crippen LogP contribution is -2.29. The van der Waals surface area contributed by atoms with Crippen LogP contribution in [0.5, 0.6) is 0 Å². The Balaban J connectivity index is 2.10.